The van der Waals surface area contributed by atoms with Gasteiger partial charge in [0.1, 0.15) is 0 Å². The summed E-state index contributed by atoms with van der Waals surface area (Å²) in [4.78, 5) is 41.8. The summed E-state index contributed by atoms with van der Waals surface area (Å²) in [7, 11) is 0. The highest BCUT2D eigenvalue weighted by molar-refractivity contribution is 6.35. The number of rotatable bonds is 6. The highest BCUT2D eigenvalue weighted by Crippen LogP contribution is 2.41. The van der Waals surface area contributed by atoms with Gasteiger partial charge < -0.3 is 21.3 Å². The van der Waals surface area contributed by atoms with Crippen molar-refractivity contribution in [3.05, 3.63) is 93.5 Å². The molecular formula is C31H32Cl2N4O3. The summed E-state index contributed by atoms with van der Waals surface area (Å²) in [6.45, 7) is 0. The second-order valence-electron chi connectivity index (χ2n) is 10.5. The molecule has 9 heteroatoms. The van der Waals surface area contributed by atoms with Crippen molar-refractivity contribution in [3.63, 3.8) is 0 Å². The van der Waals surface area contributed by atoms with Crippen LogP contribution in [0.4, 0.5) is 11.4 Å². The molecule has 1 saturated carbocycles. The van der Waals surface area contributed by atoms with Gasteiger partial charge in [0.25, 0.3) is 5.91 Å². The van der Waals surface area contributed by atoms with Crippen molar-refractivity contribution in [1.82, 2.24) is 5.32 Å². The minimum absolute atomic E-state index is 0.00301. The monoisotopic (exact) mass is 578 g/mol. The molecule has 3 aromatic rings. The average Bonchev–Trinajstić information content (AvgIpc) is 3.08. The third-order valence-corrected chi connectivity index (χ3v) is 8.21. The first-order chi connectivity index (χ1) is 19.3. The lowest BCUT2D eigenvalue weighted by Gasteiger charge is -2.32. The third-order valence-electron chi connectivity index (χ3n) is 7.65. The van der Waals surface area contributed by atoms with Crippen LogP contribution in [-0.4, -0.2) is 29.8 Å². The number of nitrogens with one attached hydrogen (secondary N) is 2. The van der Waals surface area contributed by atoms with Gasteiger partial charge >= 0.3 is 0 Å². The Kier molecular flexibility index (Phi) is 8.74. The summed E-state index contributed by atoms with van der Waals surface area (Å²) in [6.07, 6.45) is 4.19. The van der Waals surface area contributed by atoms with Crippen molar-refractivity contribution >= 4 is 52.3 Å². The van der Waals surface area contributed by atoms with Crippen LogP contribution in [0.15, 0.2) is 66.7 Å². The molecule has 1 aliphatic heterocycles. The Morgan fingerprint density at radius 2 is 1.73 bits per heavy atom. The molecule has 0 spiro atoms. The van der Waals surface area contributed by atoms with Crippen molar-refractivity contribution < 1.29 is 14.4 Å². The van der Waals surface area contributed by atoms with Gasteiger partial charge in [0.15, 0.2) is 0 Å². The number of nitrogens with zero attached hydrogens (tertiary/aromatic N) is 1. The molecule has 40 heavy (non-hydrogen) atoms. The number of halogens is 2. The molecule has 0 bridgehead atoms. The zero-order valence-corrected chi connectivity index (χ0v) is 23.5. The van der Waals surface area contributed by atoms with E-state index in [0.29, 0.717) is 39.0 Å². The number of aryl methyl sites for hydroxylation is 1. The maximum Gasteiger partial charge on any atom is 0.251 e. The molecule has 1 atom stereocenters. The zero-order chi connectivity index (χ0) is 28.2. The summed E-state index contributed by atoms with van der Waals surface area (Å²) in [6, 6.07) is 19.5. The minimum Gasteiger partial charge on any atom is -0.349 e. The van der Waals surface area contributed by atoms with Gasteiger partial charge in [-0.15, -0.1) is 0 Å². The highest BCUT2D eigenvalue weighted by atomic mass is 35.5. The van der Waals surface area contributed by atoms with E-state index in [-0.39, 0.29) is 42.6 Å². The van der Waals surface area contributed by atoms with Gasteiger partial charge in [-0.1, -0.05) is 59.6 Å². The number of nitrogens with two attached hydrogens (primary N) is 1. The average molecular weight is 580 g/mol. The Morgan fingerprint density at radius 1 is 0.975 bits per heavy atom. The van der Waals surface area contributed by atoms with Crippen molar-refractivity contribution in [1.29, 1.82) is 0 Å². The van der Waals surface area contributed by atoms with E-state index in [4.69, 9.17) is 28.9 Å². The summed E-state index contributed by atoms with van der Waals surface area (Å²) in [5, 5.41) is 6.85. The Morgan fingerprint density at radius 3 is 2.45 bits per heavy atom. The predicted molar refractivity (Wildman–Crippen MR) is 159 cm³/mol. The summed E-state index contributed by atoms with van der Waals surface area (Å²) in [5.41, 5.74) is 9.00. The molecular weight excluding hydrogens is 547 g/mol. The second-order valence-corrected chi connectivity index (χ2v) is 11.3. The number of hydrogen-bond donors (Lipinski definition) is 3. The van der Waals surface area contributed by atoms with E-state index in [2.05, 4.69) is 10.6 Å². The quantitative estimate of drug-likeness (QED) is 0.331. The van der Waals surface area contributed by atoms with E-state index in [1.807, 2.05) is 30.3 Å². The van der Waals surface area contributed by atoms with Crippen LogP contribution in [0.2, 0.25) is 10.0 Å². The van der Waals surface area contributed by atoms with Crippen LogP contribution in [0.5, 0.6) is 0 Å². The first-order valence-corrected chi connectivity index (χ1v) is 14.4. The molecule has 0 aromatic heterocycles. The molecule has 208 valence electrons. The zero-order valence-electron chi connectivity index (χ0n) is 22.0. The third kappa shape index (κ3) is 6.49. The molecule has 1 aliphatic carbocycles. The van der Waals surface area contributed by atoms with Crippen molar-refractivity contribution in [2.75, 3.05) is 10.2 Å². The van der Waals surface area contributed by atoms with Crippen LogP contribution in [-0.2, 0) is 16.0 Å². The predicted octanol–water partition coefficient (Wildman–Crippen LogP) is 6.04. The van der Waals surface area contributed by atoms with E-state index < -0.39 is 6.04 Å². The lowest BCUT2D eigenvalue weighted by molar-refractivity contribution is -0.119. The molecule has 1 heterocycles. The van der Waals surface area contributed by atoms with Crippen molar-refractivity contribution in [2.24, 2.45) is 5.73 Å². The molecule has 2 aliphatic rings. The van der Waals surface area contributed by atoms with Gasteiger partial charge in [0.05, 0.1) is 23.8 Å². The Labute approximate surface area is 244 Å². The number of carbonyl (C=O) groups excluding carboxylic acids is 3. The van der Waals surface area contributed by atoms with Crippen LogP contribution in [0.1, 0.15) is 66.1 Å². The second kappa shape index (κ2) is 12.4. The Bertz CT molecular complexity index is 1410. The standard InChI is InChI=1S/C31H32Cl2N4O3/c32-21-8-13-24(25(33)17-21)28-18-29(38)36-26-16-20(31(40)35-23-11-9-22(34)10-12-23)7-14-27(26)37(28)30(39)15-6-19-4-2-1-3-5-19/h1-5,7-8,13-14,16-17,22-23,28H,6,9-12,15,18,34H2,(H,35,40)(H,36,38). The van der Waals surface area contributed by atoms with Gasteiger partial charge in [-0.25, -0.2) is 0 Å². The van der Waals surface area contributed by atoms with E-state index >= 15 is 0 Å². The van der Waals surface area contributed by atoms with Crippen LogP contribution in [0.3, 0.4) is 0 Å². The first-order valence-electron chi connectivity index (χ1n) is 13.6. The van der Waals surface area contributed by atoms with E-state index in [1.165, 1.54) is 0 Å². The number of carbonyl (C=O) groups is 3. The molecule has 5 rings (SSSR count). The number of benzene rings is 3. The fraction of sp³-hybridized carbons (Fsp3) is 0.323. The Balaban J connectivity index is 1.48. The molecule has 4 N–H and O–H groups in total. The summed E-state index contributed by atoms with van der Waals surface area (Å²) >= 11 is 12.7. The molecule has 0 saturated heterocycles. The highest BCUT2D eigenvalue weighted by Gasteiger charge is 2.35. The van der Waals surface area contributed by atoms with Crippen LogP contribution in [0.25, 0.3) is 0 Å². The number of hydrogen-bond acceptors (Lipinski definition) is 4. The van der Waals surface area contributed by atoms with Crippen LogP contribution >= 0.6 is 23.2 Å². The minimum atomic E-state index is -0.652. The first kappa shape index (κ1) is 28.1. The maximum atomic E-state index is 13.9. The lowest BCUT2D eigenvalue weighted by Crippen LogP contribution is -2.40. The normalized spacial score (nSPS) is 20.7. The molecule has 7 nitrogen and oxygen atoms in total. The van der Waals surface area contributed by atoms with Gasteiger partial charge in [0.2, 0.25) is 11.8 Å². The fourth-order valence-electron chi connectivity index (χ4n) is 5.50. The Hall–Kier alpha value is -3.39. The fourth-order valence-corrected chi connectivity index (χ4v) is 6.04. The molecule has 1 unspecified atom stereocenters. The van der Waals surface area contributed by atoms with Crippen molar-refractivity contribution in [3.8, 4) is 0 Å². The smallest absolute Gasteiger partial charge is 0.251 e. The van der Waals surface area contributed by atoms with E-state index in [0.717, 1.165) is 31.2 Å². The largest absolute Gasteiger partial charge is 0.349 e. The molecule has 3 aromatic carbocycles. The van der Waals surface area contributed by atoms with Crippen LogP contribution in [0, 0.1) is 0 Å². The van der Waals surface area contributed by atoms with E-state index in [9.17, 15) is 14.4 Å². The molecule has 3 amide bonds. The van der Waals surface area contributed by atoms with E-state index in [1.54, 1.807) is 41.3 Å². The van der Waals surface area contributed by atoms with Crippen LogP contribution < -0.4 is 21.3 Å². The summed E-state index contributed by atoms with van der Waals surface area (Å²) < 4.78 is 0. The van der Waals surface area contributed by atoms with Crippen molar-refractivity contribution in [2.45, 2.75) is 63.1 Å². The molecule has 1 fully saturated rings. The SMILES string of the molecule is NC1CCC(NC(=O)c2ccc3c(c2)NC(=O)CC(c2ccc(Cl)cc2Cl)N3C(=O)CCc2ccccc2)CC1. The number of anilines is 2. The van der Waals surface area contributed by atoms with Gasteiger partial charge in [-0.05, 0) is 73.6 Å². The topological polar surface area (TPSA) is 105 Å². The number of fused-ring (bicyclic) bond motifs is 1. The number of amides is 3. The maximum absolute atomic E-state index is 13.9. The van der Waals surface area contributed by atoms with Gasteiger partial charge in [-0.2, -0.15) is 0 Å². The summed E-state index contributed by atoms with van der Waals surface area (Å²) in [5.74, 6) is -0.663. The van der Waals surface area contributed by atoms with Gasteiger partial charge in [0, 0.05) is 34.1 Å². The van der Waals surface area contributed by atoms with Gasteiger partial charge in [-0.3, -0.25) is 14.4 Å². The molecule has 0 radical (unpaired) electrons. The lowest BCUT2D eigenvalue weighted by atomic mass is 9.91.